The smallest absolute Gasteiger partial charge is 0.348 e. The van der Waals surface area contributed by atoms with Gasteiger partial charge in [-0.3, -0.25) is 19.9 Å². The molecule has 6 rings (SSSR count). The van der Waals surface area contributed by atoms with Crippen LogP contribution >= 0.6 is 22.7 Å². The van der Waals surface area contributed by atoms with E-state index in [0.717, 1.165) is 151 Å². The number of quaternary nitrogens is 6. The number of likely N-dealkylation sites (N-methyl/N-ethyl adjacent to an activating group) is 6. The molecule has 6 aromatic rings. The van der Waals surface area contributed by atoms with Crippen LogP contribution in [0.2, 0.25) is 0 Å². The van der Waals surface area contributed by atoms with Crippen molar-refractivity contribution in [1.82, 2.24) is 19.9 Å². The lowest BCUT2D eigenvalue weighted by molar-refractivity contribution is -0.926. The highest BCUT2D eigenvalue weighted by atomic mass is 32.1. The summed E-state index contributed by atoms with van der Waals surface area (Å²) in [5, 5.41) is 3.80. The van der Waals surface area contributed by atoms with Crippen LogP contribution in [0.1, 0.15) is 229 Å². The SMILES string of the molecule is CCCC[N+](CC)(CCC)CCOC(=O)c1cccs1.CCCC[N+](CC)(CCC)CCOC(=O)c1ccncc1.CCC[N+](CC)(CCC)CCOC(=O)c1cccs1.CCC[N+](CC)(CCC)CCOC(=O)c1ccncc1.CC[N+](CC)(CC)CCOC(=O)c1ccncc1.C[N+](C)(C)CCOC(=O)c1ccncc1. The van der Waals surface area contributed by atoms with Gasteiger partial charge < -0.3 is 55.3 Å². The van der Waals surface area contributed by atoms with Crippen molar-refractivity contribution in [3.63, 3.8) is 0 Å². The van der Waals surface area contributed by atoms with Crippen LogP contribution in [0.15, 0.2) is 133 Å². The highest BCUT2D eigenvalue weighted by molar-refractivity contribution is 7.12. The number of nitrogens with zero attached hydrogens (tertiary/aromatic N) is 10. The minimum Gasteiger partial charge on any atom is -0.456 e. The van der Waals surface area contributed by atoms with Gasteiger partial charge in [-0.2, -0.15) is 0 Å². The van der Waals surface area contributed by atoms with Crippen LogP contribution in [-0.4, -0.2) is 281 Å². The van der Waals surface area contributed by atoms with E-state index in [2.05, 4.69) is 145 Å². The Balaban J connectivity index is 0.000000680. The molecule has 24 heteroatoms. The first-order valence-corrected chi connectivity index (χ1v) is 43.9. The van der Waals surface area contributed by atoms with Gasteiger partial charge in [-0.25, -0.2) is 28.8 Å². The third kappa shape index (κ3) is 43.2. The Bertz CT molecular complexity index is 3350. The lowest BCUT2D eigenvalue weighted by Crippen LogP contribution is -2.51. The molecule has 2 atom stereocenters. The van der Waals surface area contributed by atoms with Gasteiger partial charge in [0.1, 0.15) is 88.7 Å². The number of carbonyl (C=O) groups excluding carboxylic acids is 6. The molecule has 0 amide bonds. The molecule has 0 fully saturated rings. The third-order valence-electron chi connectivity index (χ3n) is 21.0. The van der Waals surface area contributed by atoms with Crippen molar-refractivity contribution in [2.75, 3.05) is 198 Å². The summed E-state index contributed by atoms with van der Waals surface area (Å²) >= 11 is 2.87. The average Bonchev–Trinajstić information content (AvgIpc) is 1.06. The quantitative estimate of drug-likeness (QED) is 0.0197. The number of hydrogen-bond donors (Lipinski definition) is 0. The molecule has 0 aliphatic carbocycles. The Hall–Kier alpha value is -7.42. The van der Waals surface area contributed by atoms with Crippen molar-refractivity contribution >= 4 is 58.5 Å². The fourth-order valence-corrected chi connectivity index (χ4v) is 14.7. The molecule has 0 aromatic carbocycles. The van der Waals surface area contributed by atoms with Crippen molar-refractivity contribution in [3.8, 4) is 0 Å². The van der Waals surface area contributed by atoms with Crippen molar-refractivity contribution in [1.29, 1.82) is 0 Å². The molecule has 0 saturated heterocycles. The molecular weight excluding hydrogens is 1470 g/mol. The van der Waals surface area contributed by atoms with Gasteiger partial charge in [-0.1, -0.05) is 80.4 Å². The number of carbonyl (C=O) groups is 6. The van der Waals surface area contributed by atoms with Gasteiger partial charge in [0, 0.05) is 49.6 Å². The monoisotopic (exact) mass is 1620 g/mol. The topological polar surface area (TPSA) is 209 Å². The van der Waals surface area contributed by atoms with Crippen molar-refractivity contribution < 1.29 is 84.1 Å². The molecule has 0 aliphatic heterocycles. The fraction of sp³-hybridized carbons (Fsp3) is 0.618. The molecule has 2 unspecified atom stereocenters. The molecule has 22 nitrogen and oxygen atoms in total. The van der Waals surface area contributed by atoms with Gasteiger partial charge in [0.15, 0.2) is 0 Å². The summed E-state index contributed by atoms with van der Waals surface area (Å²) in [5.74, 6) is -1.42. The van der Waals surface area contributed by atoms with Crippen LogP contribution in [-0.2, 0) is 28.4 Å². The molecule has 6 heterocycles. The number of aromatic nitrogens is 4. The Morgan fingerprint density at radius 1 is 0.265 bits per heavy atom. The summed E-state index contributed by atoms with van der Waals surface area (Å²) in [7, 11) is 6.17. The van der Waals surface area contributed by atoms with E-state index in [-0.39, 0.29) is 35.8 Å². The largest absolute Gasteiger partial charge is 0.456 e. The zero-order valence-electron chi connectivity index (χ0n) is 73.1. The minimum absolute atomic E-state index is 0.179. The number of pyridine rings is 4. The first kappa shape index (κ1) is 104. The van der Waals surface area contributed by atoms with Crippen LogP contribution in [0.4, 0.5) is 0 Å². The molecule has 0 radical (unpaired) electrons. The fourth-order valence-electron chi connectivity index (χ4n) is 13.5. The maximum Gasteiger partial charge on any atom is 0.348 e. The van der Waals surface area contributed by atoms with Gasteiger partial charge >= 0.3 is 35.8 Å². The predicted octanol–water partition coefficient (Wildman–Crippen LogP) is 16.8. The Kier molecular flexibility index (Phi) is 56.0. The summed E-state index contributed by atoms with van der Waals surface area (Å²) in [6.07, 6.45) is 24.7. The molecule has 6 aromatic heterocycles. The highest BCUT2D eigenvalue weighted by Crippen LogP contribution is 2.18. The molecule has 0 saturated carbocycles. The molecule has 0 spiro atoms. The van der Waals surface area contributed by atoms with E-state index in [1.165, 1.54) is 100 Å². The van der Waals surface area contributed by atoms with Crippen LogP contribution in [0.25, 0.3) is 0 Å². The van der Waals surface area contributed by atoms with Gasteiger partial charge in [0.2, 0.25) is 0 Å². The predicted molar refractivity (Wildman–Crippen MR) is 460 cm³/mol. The average molecular weight is 1620 g/mol. The summed E-state index contributed by atoms with van der Waals surface area (Å²) in [6.45, 7) is 58.4. The number of esters is 6. The van der Waals surface area contributed by atoms with E-state index in [1.807, 2.05) is 35.0 Å². The van der Waals surface area contributed by atoms with Crippen molar-refractivity contribution in [2.45, 2.75) is 168 Å². The summed E-state index contributed by atoms with van der Waals surface area (Å²) in [5.41, 5.74) is 2.25. The van der Waals surface area contributed by atoms with Gasteiger partial charge in [-0.15, -0.1) is 22.7 Å². The van der Waals surface area contributed by atoms with Gasteiger partial charge in [0.05, 0.1) is 142 Å². The van der Waals surface area contributed by atoms with Crippen LogP contribution in [0.3, 0.4) is 0 Å². The second-order valence-electron chi connectivity index (χ2n) is 29.8. The number of rotatable bonds is 49. The van der Waals surface area contributed by atoms with Gasteiger partial charge in [-0.05, 0) is 171 Å². The Morgan fingerprint density at radius 2 is 0.478 bits per heavy atom. The number of ether oxygens (including phenoxy) is 6. The molecule has 634 valence electrons. The highest BCUT2D eigenvalue weighted by Gasteiger charge is 2.29. The molecule has 0 bridgehead atoms. The standard InChI is InChI=1S/C17H29N2O2.C16H27N2O2.C16H28NO2S.C15H26NO2S.C14H23N2O2.C11H17N2O2/c1-4-7-13-19(6-3,12-5-2)14-15-21-17(20)16-8-10-18-11-9-16;1-4-11-18(6-3,12-5-2)13-14-20-16(19)15-7-9-17-10-8-15;1-4-7-11-17(6-3,10-5-2)12-13-19-16(18)15-9-8-14-20-15;1-4-9-16(6-3,10-5-2)11-12-18-15(17)14-8-7-13-19-14;1-4-16(5-2,6-3)11-12-18-14(17)13-7-9-15-10-8-13;1-13(2,3)8-9-15-11(14)10-4-6-12-7-5-10/h8-11H,4-7,12-15H2,1-3H3;7-10H,4-6,11-14H2,1-3H3;8-9,14H,4-7,10-13H2,1-3H3;7-8,13H,4-6,9-12H2,1-3H3;7-10H,4-6,11-12H2,1-3H3;4-7H,8-9H2,1-3H3/q6*+1. The lowest BCUT2D eigenvalue weighted by atomic mass is 10.2. The van der Waals surface area contributed by atoms with Crippen LogP contribution in [0, 0.1) is 0 Å². The van der Waals surface area contributed by atoms with Crippen molar-refractivity contribution in [3.05, 3.63) is 165 Å². The lowest BCUT2D eigenvalue weighted by Gasteiger charge is -2.37. The third-order valence-corrected chi connectivity index (χ3v) is 22.7. The summed E-state index contributed by atoms with van der Waals surface area (Å²) < 4.78 is 38.1. The first-order chi connectivity index (χ1) is 54.3. The van der Waals surface area contributed by atoms with E-state index in [0.29, 0.717) is 71.6 Å². The van der Waals surface area contributed by atoms with Crippen LogP contribution in [0.5, 0.6) is 0 Å². The number of thiophene rings is 2. The Morgan fingerprint density at radius 3 is 0.673 bits per heavy atom. The minimum atomic E-state index is -0.286. The maximum atomic E-state index is 11.9. The van der Waals surface area contributed by atoms with E-state index >= 15 is 0 Å². The van der Waals surface area contributed by atoms with E-state index in [1.54, 1.807) is 98.1 Å². The molecular formula is C89H150N10O12S2+6. The van der Waals surface area contributed by atoms with Crippen molar-refractivity contribution in [2.24, 2.45) is 0 Å². The maximum absolute atomic E-state index is 11.9. The zero-order chi connectivity index (χ0) is 84.1. The molecule has 113 heavy (non-hydrogen) atoms. The normalized spacial score (nSPS) is 12.2. The second-order valence-corrected chi connectivity index (χ2v) is 31.7. The van der Waals surface area contributed by atoms with E-state index in [4.69, 9.17) is 28.4 Å². The summed E-state index contributed by atoms with van der Waals surface area (Å²) in [6, 6.07) is 20.8. The van der Waals surface area contributed by atoms with Gasteiger partial charge in [0.25, 0.3) is 0 Å². The summed E-state index contributed by atoms with van der Waals surface area (Å²) in [4.78, 5) is 87.5. The van der Waals surface area contributed by atoms with Crippen LogP contribution < -0.4 is 0 Å². The number of hydrogen-bond acceptors (Lipinski definition) is 18. The molecule has 0 aliphatic rings. The van der Waals surface area contributed by atoms with E-state index in [9.17, 15) is 28.8 Å². The first-order valence-electron chi connectivity index (χ1n) is 42.1. The number of unbranched alkanes of at least 4 members (excludes halogenated alkanes) is 2. The zero-order valence-corrected chi connectivity index (χ0v) is 74.7. The van der Waals surface area contributed by atoms with E-state index < -0.39 is 0 Å². The Labute approximate surface area is 690 Å². The second kappa shape index (κ2) is 61.0. The molecule has 0 N–H and O–H groups in total.